The normalized spacial score (nSPS) is 12.0. The maximum Gasteiger partial charge on any atom is 0.244 e. The van der Waals surface area contributed by atoms with E-state index < -0.39 is 28.5 Å². The van der Waals surface area contributed by atoms with Crippen LogP contribution in [-0.4, -0.2) is 50.5 Å². The second kappa shape index (κ2) is 14.7. The third kappa shape index (κ3) is 9.22. The molecule has 0 fully saturated rings. The van der Waals surface area contributed by atoms with E-state index in [1.165, 1.54) is 4.90 Å². The Balaban J connectivity index is 2.03. The van der Waals surface area contributed by atoms with Crippen molar-refractivity contribution in [2.45, 2.75) is 38.8 Å². The van der Waals surface area contributed by atoms with Crippen molar-refractivity contribution in [3.8, 4) is 0 Å². The molecule has 0 saturated carbocycles. The van der Waals surface area contributed by atoms with Gasteiger partial charge in [0.05, 0.1) is 11.9 Å². The predicted octanol–water partition coefficient (Wildman–Crippen LogP) is 5.27. The summed E-state index contributed by atoms with van der Waals surface area (Å²) in [6, 6.07) is 22.6. The average Bonchev–Trinajstić information content (AvgIpc) is 2.91. The van der Waals surface area contributed by atoms with Gasteiger partial charge in [0.2, 0.25) is 21.8 Å². The number of nitrogens with zero attached hydrogens (tertiary/aromatic N) is 2. The van der Waals surface area contributed by atoms with E-state index in [0.29, 0.717) is 22.8 Å². The van der Waals surface area contributed by atoms with Crippen LogP contribution in [0.4, 0.5) is 5.69 Å². The van der Waals surface area contributed by atoms with E-state index in [4.69, 9.17) is 11.6 Å². The van der Waals surface area contributed by atoms with Crippen molar-refractivity contribution < 1.29 is 18.0 Å². The standard InChI is InChI=1S/C29H33ClIN3O4S/c1-3-4-18-32-29(36)27(19-22-10-6-5-7-11-22)33(20-23-12-8-9-13-26(23)30)28(35)21-34(39(2,37)38)25-16-14-24(31)15-17-25/h5-17,27H,3-4,18-21H2,1-2H3,(H,32,36). The Hall–Kier alpha value is -2.63. The monoisotopic (exact) mass is 681 g/mol. The van der Waals surface area contributed by atoms with Gasteiger partial charge in [-0.25, -0.2) is 8.42 Å². The molecule has 0 aliphatic heterocycles. The average molecular weight is 682 g/mol. The molecule has 3 aromatic rings. The highest BCUT2D eigenvalue weighted by atomic mass is 127. The molecular weight excluding hydrogens is 649 g/mol. The van der Waals surface area contributed by atoms with Gasteiger partial charge in [-0.2, -0.15) is 0 Å². The summed E-state index contributed by atoms with van der Waals surface area (Å²) in [6.07, 6.45) is 3.04. The number of halogens is 2. The van der Waals surface area contributed by atoms with Gasteiger partial charge in [-0.05, 0) is 70.5 Å². The van der Waals surface area contributed by atoms with Gasteiger partial charge in [-0.3, -0.25) is 13.9 Å². The molecule has 0 saturated heterocycles. The number of nitrogens with one attached hydrogen (secondary N) is 1. The largest absolute Gasteiger partial charge is 0.354 e. The highest BCUT2D eigenvalue weighted by molar-refractivity contribution is 14.1. The lowest BCUT2D eigenvalue weighted by atomic mass is 10.0. The van der Waals surface area contributed by atoms with Crippen molar-refractivity contribution in [1.29, 1.82) is 0 Å². The zero-order valence-corrected chi connectivity index (χ0v) is 25.7. The van der Waals surface area contributed by atoms with Gasteiger partial charge in [-0.15, -0.1) is 0 Å². The number of carbonyl (C=O) groups excluding carboxylic acids is 2. The third-order valence-electron chi connectivity index (χ3n) is 6.19. The van der Waals surface area contributed by atoms with Crippen LogP contribution in [0.5, 0.6) is 0 Å². The van der Waals surface area contributed by atoms with Crippen LogP contribution in [-0.2, 0) is 32.6 Å². The maximum absolute atomic E-state index is 14.0. The number of amides is 2. The summed E-state index contributed by atoms with van der Waals surface area (Å²) in [5.74, 6) is -0.807. The van der Waals surface area contributed by atoms with E-state index >= 15 is 0 Å². The summed E-state index contributed by atoms with van der Waals surface area (Å²) in [4.78, 5) is 29.0. The summed E-state index contributed by atoms with van der Waals surface area (Å²) in [7, 11) is -3.81. The Bertz CT molecular complexity index is 1350. The molecule has 1 N–H and O–H groups in total. The first kappa shape index (κ1) is 30.9. The van der Waals surface area contributed by atoms with Crippen LogP contribution in [0, 0.1) is 3.57 Å². The number of unbranched alkanes of at least 4 members (excludes halogenated alkanes) is 1. The molecule has 0 aliphatic rings. The molecule has 7 nitrogen and oxygen atoms in total. The van der Waals surface area contributed by atoms with E-state index in [1.807, 2.05) is 43.3 Å². The summed E-state index contributed by atoms with van der Waals surface area (Å²) < 4.78 is 27.6. The summed E-state index contributed by atoms with van der Waals surface area (Å²) >= 11 is 8.60. The molecule has 39 heavy (non-hydrogen) atoms. The Labute approximate surface area is 249 Å². The van der Waals surface area contributed by atoms with Crippen LogP contribution in [0.3, 0.4) is 0 Å². The maximum atomic E-state index is 14.0. The smallest absolute Gasteiger partial charge is 0.244 e. The summed E-state index contributed by atoms with van der Waals surface area (Å²) in [5.41, 5.74) is 1.91. The van der Waals surface area contributed by atoms with Crippen molar-refractivity contribution in [3.05, 3.63) is 98.6 Å². The molecule has 1 unspecified atom stereocenters. The van der Waals surface area contributed by atoms with Crippen LogP contribution in [0.1, 0.15) is 30.9 Å². The van der Waals surface area contributed by atoms with E-state index in [1.54, 1.807) is 42.5 Å². The zero-order chi connectivity index (χ0) is 28.4. The number of anilines is 1. The van der Waals surface area contributed by atoms with E-state index in [9.17, 15) is 18.0 Å². The molecule has 10 heteroatoms. The van der Waals surface area contributed by atoms with Crippen LogP contribution in [0.2, 0.25) is 5.02 Å². The molecule has 0 aliphatic carbocycles. The Morgan fingerprint density at radius 2 is 1.62 bits per heavy atom. The van der Waals surface area contributed by atoms with Crippen molar-refractivity contribution in [2.75, 3.05) is 23.7 Å². The molecule has 3 aromatic carbocycles. The van der Waals surface area contributed by atoms with E-state index in [2.05, 4.69) is 27.9 Å². The van der Waals surface area contributed by atoms with Crippen LogP contribution < -0.4 is 9.62 Å². The summed E-state index contributed by atoms with van der Waals surface area (Å²) in [5, 5.41) is 3.42. The molecule has 0 radical (unpaired) electrons. The van der Waals surface area contributed by atoms with Crippen LogP contribution in [0.25, 0.3) is 0 Å². The number of sulfonamides is 1. The highest BCUT2D eigenvalue weighted by Gasteiger charge is 2.33. The second-order valence-corrected chi connectivity index (χ2v) is 12.8. The minimum Gasteiger partial charge on any atom is -0.354 e. The molecule has 0 bridgehead atoms. The van der Waals surface area contributed by atoms with Gasteiger partial charge in [0.15, 0.2) is 0 Å². The first-order chi connectivity index (χ1) is 18.6. The molecule has 2 amide bonds. The lowest BCUT2D eigenvalue weighted by Gasteiger charge is -2.33. The Morgan fingerprint density at radius 3 is 2.23 bits per heavy atom. The minimum absolute atomic E-state index is 0.0431. The molecule has 0 heterocycles. The molecule has 0 spiro atoms. The number of hydrogen-bond acceptors (Lipinski definition) is 4. The molecular formula is C29H33ClIN3O4S. The van der Waals surface area contributed by atoms with Crippen molar-refractivity contribution in [1.82, 2.24) is 10.2 Å². The SMILES string of the molecule is CCCCNC(=O)C(Cc1ccccc1)N(Cc1ccccc1Cl)C(=O)CN(c1ccc(I)cc1)S(C)(=O)=O. The van der Waals surface area contributed by atoms with Gasteiger partial charge in [0.25, 0.3) is 0 Å². The lowest BCUT2D eigenvalue weighted by Crippen LogP contribution is -2.53. The number of carbonyl (C=O) groups is 2. The van der Waals surface area contributed by atoms with Crippen molar-refractivity contribution >= 4 is 61.7 Å². The number of rotatable bonds is 13. The molecule has 0 aromatic heterocycles. The third-order valence-corrected chi connectivity index (χ3v) is 8.42. The zero-order valence-electron chi connectivity index (χ0n) is 22.0. The Kier molecular flexibility index (Phi) is 11.6. The van der Waals surface area contributed by atoms with Gasteiger partial charge in [-0.1, -0.05) is 73.5 Å². The topological polar surface area (TPSA) is 86.8 Å². The second-order valence-electron chi connectivity index (χ2n) is 9.21. The molecule has 208 valence electrons. The number of hydrogen-bond donors (Lipinski definition) is 1. The highest BCUT2D eigenvalue weighted by Crippen LogP contribution is 2.23. The molecule has 3 rings (SSSR count). The lowest BCUT2D eigenvalue weighted by molar-refractivity contribution is -0.140. The van der Waals surface area contributed by atoms with Gasteiger partial charge < -0.3 is 10.2 Å². The first-order valence-corrected chi connectivity index (χ1v) is 16.0. The predicted molar refractivity (Wildman–Crippen MR) is 165 cm³/mol. The van der Waals surface area contributed by atoms with Crippen LogP contribution >= 0.6 is 34.2 Å². The van der Waals surface area contributed by atoms with E-state index in [-0.39, 0.29) is 18.9 Å². The fraction of sp³-hybridized carbons (Fsp3) is 0.310. The fourth-order valence-corrected chi connectivity index (χ4v) is 5.50. The number of benzene rings is 3. The van der Waals surface area contributed by atoms with Crippen molar-refractivity contribution in [2.24, 2.45) is 0 Å². The van der Waals surface area contributed by atoms with E-state index in [0.717, 1.165) is 32.5 Å². The van der Waals surface area contributed by atoms with Gasteiger partial charge in [0, 0.05) is 28.1 Å². The molecule has 1 atom stereocenters. The Morgan fingerprint density at radius 1 is 0.974 bits per heavy atom. The van der Waals surface area contributed by atoms with Gasteiger partial charge in [0.1, 0.15) is 12.6 Å². The minimum atomic E-state index is -3.81. The van der Waals surface area contributed by atoms with Gasteiger partial charge >= 0.3 is 0 Å². The first-order valence-electron chi connectivity index (χ1n) is 12.7. The summed E-state index contributed by atoms with van der Waals surface area (Å²) in [6.45, 7) is 2.09. The fourth-order valence-electron chi connectivity index (χ4n) is 4.09. The van der Waals surface area contributed by atoms with Crippen molar-refractivity contribution in [3.63, 3.8) is 0 Å². The quantitative estimate of drug-likeness (QED) is 0.197. The van der Waals surface area contributed by atoms with Crippen LogP contribution in [0.15, 0.2) is 78.9 Å².